The molecule has 0 radical (unpaired) electrons. The Balaban J connectivity index is 4.10. The van der Waals surface area contributed by atoms with Crippen molar-refractivity contribution in [1.29, 1.82) is 0 Å². The molecule has 0 saturated heterocycles. The first-order chi connectivity index (χ1) is 5.99. The number of phosphoric acid groups is 1. The van der Waals surface area contributed by atoms with Crippen LogP contribution in [0.4, 0.5) is 0 Å². The van der Waals surface area contributed by atoms with Crippen LogP contribution in [-0.4, -0.2) is 9.79 Å². The second-order valence-corrected chi connectivity index (χ2v) is 4.06. The number of hydrogen-bond donors (Lipinski definition) is 2. The predicted molar refractivity (Wildman–Crippen MR) is 51.0 cm³/mol. The minimum absolute atomic E-state index is 0.827. The Morgan fingerprint density at radius 2 is 1.77 bits per heavy atom. The summed E-state index contributed by atoms with van der Waals surface area (Å²) >= 11 is 0. The zero-order valence-corrected chi connectivity index (χ0v) is 8.96. The molecule has 0 aromatic carbocycles. The molecule has 2 N–H and O–H groups in total. The van der Waals surface area contributed by atoms with Crippen molar-refractivity contribution in [1.82, 2.24) is 0 Å². The van der Waals surface area contributed by atoms with Gasteiger partial charge in [0, 0.05) is 0 Å². The van der Waals surface area contributed by atoms with Gasteiger partial charge in [0.2, 0.25) is 0 Å². The van der Waals surface area contributed by atoms with Crippen molar-refractivity contribution < 1.29 is 18.9 Å². The summed E-state index contributed by atoms with van der Waals surface area (Å²) in [5, 5.41) is 0. The summed E-state index contributed by atoms with van der Waals surface area (Å²) in [6.45, 7) is 4.03. The maximum atomic E-state index is 10.4. The summed E-state index contributed by atoms with van der Waals surface area (Å²) in [5.74, 6) is 0. The summed E-state index contributed by atoms with van der Waals surface area (Å²) < 4.78 is 14.7. The van der Waals surface area contributed by atoms with Gasteiger partial charge in [0.15, 0.2) is 0 Å². The van der Waals surface area contributed by atoms with E-state index in [-0.39, 0.29) is 0 Å². The quantitative estimate of drug-likeness (QED) is 0.520. The molecule has 0 unspecified atom stereocenters. The molecule has 0 aliphatic rings. The summed E-state index contributed by atoms with van der Waals surface area (Å²) in [6.07, 6.45) is 4.77. The van der Waals surface area contributed by atoms with Gasteiger partial charge < -0.3 is 4.52 Å². The van der Waals surface area contributed by atoms with Gasteiger partial charge >= 0.3 is 7.82 Å². The second-order valence-electron chi connectivity index (χ2n) is 2.87. The lowest BCUT2D eigenvalue weighted by atomic mass is 10.1. The first-order valence-electron chi connectivity index (χ1n) is 4.41. The highest BCUT2D eigenvalue weighted by Crippen LogP contribution is 2.36. The Bertz CT molecular complexity index is 198. The van der Waals surface area contributed by atoms with Gasteiger partial charge in [-0.05, 0) is 18.4 Å². The summed E-state index contributed by atoms with van der Waals surface area (Å²) in [7, 11) is -4.34. The van der Waals surface area contributed by atoms with E-state index in [0.717, 1.165) is 31.3 Å². The van der Waals surface area contributed by atoms with Crippen LogP contribution in [0.15, 0.2) is 11.8 Å². The predicted octanol–water partition coefficient (Wildman–Crippen LogP) is 2.58. The minimum atomic E-state index is -4.34. The molecule has 0 saturated carbocycles. The molecule has 78 valence electrons. The molecule has 0 fully saturated rings. The molecule has 0 aliphatic carbocycles. The molecular weight excluding hydrogens is 191 g/mol. The van der Waals surface area contributed by atoms with Crippen LogP contribution in [0.3, 0.4) is 0 Å². The third-order valence-corrected chi connectivity index (χ3v) is 1.88. The molecule has 0 atom stereocenters. The Labute approximate surface area is 78.9 Å². The summed E-state index contributed by atoms with van der Waals surface area (Å²) in [4.78, 5) is 16.9. The van der Waals surface area contributed by atoms with E-state index in [2.05, 4.69) is 4.52 Å². The van der Waals surface area contributed by atoms with Gasteiger partial charge in [0.05, 0.1) is 6.26 Å². The van der Waals surface area contributed by atoms with Crippen LogP contribution in [-0.2, 0) is 9.09 Å². The minimum Gasteiger partial charge on any atom is -0.412 e. The fourth-order valence-corrected chi connectivity index (χ4v) is 1.31. The molecule has 5 heteroatoms. The van der Waals surface area contributed by atoms with E-state index in [9.17, 15) is 4.57 Å². The van der Waals surface area contributed by atoms with Crippen molar-refractivity contribution in [2.75, 3.05) is 0 Å². The lowest BCUT2D eigenvalue weighted by molar-refractivity contribution is 0.256. The average molecular weight is 208 g/mol. The largest absolute Gasteiger partial charge is 0.524 e. The fraction of sp³-hybridized carbons (Fsp3) is 0.750. The molecule has 0 aliphatic heterocycles. The molecule has 4 nitrogen and oxygen atoms in total. The van der Waals surface area contributed by atoms with Gasteiger partial charge in [-0.15, -0.1) is 0 Å². The fourth-order valence-electron chi connectivity index (χ4n) is 1.03. The Morgan fingerprint density at radius 1 is 1.31 bits per heavy atom. The average Bonchev–Trinajstić information content (AvgIpc) is 2.00. The lowest BCUT2D eigenvalue weighted by Crippen LogP contribution is -1.86. The smallest absolute Gasteiger partial charge is 0.412 e. The molecule has 0 heterocycles. The molecular formula is C8H17O4P. The van der Waals surface area contributed by atoms with Crippen molar-refractivity contribution in [2.45, 2.75) is 39.5 Å². The van der Waals surface area contributed by atoms with Crippen molar-refractivity contribution in [3.05, 3.63) is 11.8 Å². The van der Waals surface area contributed by atoms with Crippen LogP contribution in [0.25, 0.3) is 0 Å². The van der Waals surface area contributed by atoms with E-state index in [0.29, 0.717) is 0 Å². The van der Waals surface area contributed by atoms with Crippen LogP contribution in [0.5, 0.6) is 0 Å². The number of rotatable bonds is 6. The molecule has 0 spiro atoms. The highest BCUT2D eigenvalue weighted by Gasteiger charge is 2.12. The van der Waals surface area contributed by atoms with Crippen LogP contribution in [0.2, 0.25) is 0 Å². The van der Waals surface area contributed by atoms with E-state index in [1.807, 2.05) is 13.8 Å². The number of phosphoric ester groups is 1. The van der Waals surface area contributed by atoms with E-state index >= 15 is 0 Å². The van der Waals surface area contributed by atoms with Crippen LogP contribution in [0, 0.1) is 0 Å². The zero-order chi connectivity index (χ0) is 10.3. The molecule has 0 aromatic rings. The van der Waals surface area contributed by atoms with Crippen molar-refractivity contribution in [2.24, 2.45) is 0 Å². The summed E-state index contributed by atoms with van der Waals surface area (Å²) in [5.41, 5.74) is 0.952. The van der Waals surface area contributed by atoms with E-state index < -0.39 is 7.82 Å². The van der Waals surface area contributed by atoms with Crippen molar-refractivity contribution in [3.63, 3.8) is 0 Å². The van der Waals surface area contributed by atoms with Gasteiger partial charge in [-0.1, -0.05) is 26.7 Å². The number of allylic oxidation sites excluding steroid dienone is 1. The van der Waals surface area contributed by atoms with Gasteiger partial charge in [-0.25, -0.2) is 4.57 Å². The molecule has 0 rings (SSSR count). The molecule has 0 bridgehead atoms. The van der Waals surface area contributed by atoms with E-state index in [1.54, 1.807) is 0 Å². The lowest BCUT2D eigenvalue weighted by Gasteiger charge is -2.06. The van der Waals surface area contributed by atoms with Gasteiger partial charge in [0.1, 0.15) is 0 Å². The normalized spacial score (nSPS) is 11.1. The van der Waals surface area contributed by atoms with Gasteiger partial charge in [-0.3, -0.25) is 9.79 Å². The van der Waals surface area contributed by atoms with E-state index in [4.69, 9.17) is 9.79 Å². The first-order valence-corrected chi connectivity index (χ1v) is 5.94. The highest BCUT2D eigenvalue weighted by atomic mass is 31.2. The molecule has 0 aromatic heterocycles. The van der Waals surface area contributed by atoms with Crippen molar-refractivity contribution >= 4 is 7.82 Å². The van der Waals surface area contributed by atoms with Gasteiger partial charge in [-0.2, -0.15) is 0 Å². The standard InChI is InChI=1S/C8H17O4P/c1-3-5-8(6-4-2)7-12-13(9,10)11/h7H,3-6H2,1-2H3,(H2,9,10,11). The monoisotopic (exact) mass is 208 g/mol. The first kappa shape index (κ1) is 12.7. The zero-order valence-electron chi connectivity index (χ0n) is 8.06. The molecule has 13 heavy (non-hydrogen) atoms. The Kier molecular flexibility index (Phi) is 6.04. The van der Waals surface area contributed by atoms with Crippen LogP contribution in [0.1, 0.15) is 39.5 Å². The number of hydrogen-bond acceptors (Lipinski definition) is 2. The van der Waals surface area contributed by atoms with Crippen LogP contribution < -0.4 is 0 Å². The summed E-state index contributed by atoms with van der Waals surface area (Å²) in [6, 6.07) is 0. The topological polar surface area (TPSA) is 66.8 Å². The maximum Gasteiger partial charge on any atom is 0.524 e. The highest BCUT2D eigenvalue weighted by molar-refractivity contribution is 7.46. The molecule has 0 amide bonds. The third kappa shape index (κ3) is 8.03. The van der Waals surface area contributed by atoms with Crippen molar-refractivity contribution in [3.8, 4) is 0 Å². The van der Waals surface area contributed by atoms with E-state index in [1.165, 1.54) is 6.26 Å². The van der Waals surface area contributed by atoms with Crippen LogP contribution >= 0.6 is 7.82 Å². The van der Waals surface area contributed by atoms with Gasteiger partial charge in [0.25, 0.3) is 0 Å². The Morgan fingerprint density at radius 3 is 2.08 bits per heavy atom. The second kappa shape index (κ2) is 6.19. The maximum absolute atomic E-state index is 10.4. The SMILES string of the molecule is CCCC(=COP(=O)(O)O)CCC. The third-order valence-electron chi connectivity index (χ3n) is 1.50. The Hall–Kier alpha value is -0.310.